The molecule has 0 aliphatic carbocycles. The average molecular weight is 262 g/mol. The molecule has 1 aromatic carbocycles. The van der Waals surface area contributed by atoms with Gasteiger partial charge in [0.2, 0.25) is 0 Å². The predicted molar refractivity (Wildman–Crippen MR) is 81.1 cm³/mol. The van der Waals surface area contributed by atoms with E-state index in [1.165, 1.54) is 18.5 Å². The van der Waals surface area contributed by atoms with Crippen LogP contribution >= 0.6 is 0 Å². The van der Waals surface area contributed by atoms with Crippen LogP contribution < -0.4 is 15.0 Å². The first kappa shape index (κ1) is 14.2. The van der Waals surface area contributed by atoms with Crippen LogP contribution in [0, 0.1) is 0 Å². The number of anilines is 1. The molecule has 1 heterocycles. The van der Waals surface area contributed by atoms with Crippen molar-refractivity contribution in [2.45, 2.75) is 45.7 Å². The fraction of sp³-hybridized carbons (Fsp3) is 0.625. The summed E-state index contributed by atoms with van der Waals surface area (Å²) in [6, 6.07) is 9.50. The minimum atomic E-state index is 0.509. The van der Waals surface area contributed by atoms with E-state index in [4.69, 9.17) is 4.74 Å². The van der Waals surface area contributed by atoms with Gasteiger partial charge in [0, 0.05) is 25.2 Å². The Morgan fingerprint density at radius 3 is 2.84 bits per heavy atom. The number of hydrogen-bond donors (Lipinski definition) is 1. The Morgan fingerprint density at radius 2 is 2.11 bits per heavy atom. The second-order valence-electron chi connectivity index (χ2n) is 5.30. The van der Waals surface area contributed by atoms with Crippen molar-refractivity contribution in [1.29, 1.82) is 0 Å². The smallest absolute Gasteiger partial charge is 0.142 e. The molecule has 1 aromatic rings. The highest BCUT2D eigenvalue weighted by Crippen LogP contribution is 2.31. The number of nitrogens with zero attached hydrogens (tertiary/aromatic N) is 1. The summed E-state index contributed by atoms with van der Waals surface area (Å²) in [4.78, 5) is 2.49. The number of ether oxygens (including phenoxy) is 1. The molecular formula is C16H26N2O. The van der Waals surface area contributed by atoms with Crippen molar-refractivity contribution in [3.63, 3.8) is 0 Å². The van der Waals surface area contributed by atoms with E-state index < -0.39 is 0 Å². The Kier molecular flexibility index (Phi) is 5.08. The monoisotopic (exact) mass is 262 g/mol. The summed E-state index contributed by atoms with van der Waals surface area (Å²) in [5, 5.41) is 3.64. The molecule has 0 radical (unpaired) electrons. The van der Waals surface area contributed by atoms with Gasteiger partial charge in [-0.15, -0.1) is 0 Å². The van der Waals surface area contributed by atoms with Crippen LogP contribution in [0.4, 0.5) is 5.69 Å². The molecule has 1 aliphatic heterocycles. The van der Waals surface area contributed by atoms with E-state index in [-0.39, 0.29) is 0 Å². The Bertz CT molecular complexity index is 394. The van der Waals surface area contributed by atoms with Gasteiger partial charge in [-0.25, -0.2) is 0 Å². The Labute approximate surface area is 116 Å². The van der Waals surface area contributed by atoms with Gasteiger partial charge >= 0.3 is 0 Å². The van der Waals surface area contributed by atoms with Gasteiger partial charge in [0.05, 0.1) is 12.3 Å². The molecular weight excluding hydrogens is 236 g/mol. The predicted octanol–water partition coefficient (Wildman–Crippen LogP) is 3.05. The third-order valence-electron chi connectivity index (χ3n) is 3.76. The summed E-state index contributed by atoms with van der Waals surface area (Å²) in [7, 11) is 0. The molecule has 0 amide bonds. The van der Waals surface area contributed by atoms with Crippen molar-refractivity contribution in [3.05, 3.63) is 24.3 Å². The molecule has 3 heteroatoms. The molecule has 2 rings (SSSR count). The maximum absolute atomic E-state index is 5.77. The van der Waals surface area contributed by atoms with Crippen LogP contribution in [0.1, 0.15) is 33.6 Å². The number of rotatable bonds is 5. The molecule has 1 saturated heterocycles. The number of nitrogens with one attached hydrogen (secondary N) is 1. The van der Waals surface area contributed by atoms with Crippen LogP contribution in [0.2, 0.25) is 0 Å². The molecule has 1 aliphatic rings. The third-order valence-corrected chi connectivity index (χ3v) is 3.76. The van der Waals surface area contributed by atoms with Gasteiger partial charge in [-0.05, 0) is 32.4 Å². The van der Waals surface area contributed by atoms with E-state index in [1.54, 1.807) is 0 Å². The topological polar surface area (TPSA) is 24.5 Å². The maximum Gasteiger partial charge on any atom is 0.142 e. The molecule has 2 unspecified atom stereocenters. The summed E-state index contributed by atoms with van der Waals surface area (Å²) in [5.74, 6) is 1.01. The summed E-state index contributed by atoms with van der Waals surface area (Å²) in [5.41, 5.74) is 1.24. The van der Waals surface area contributed by atoms with Crippen molar-refractivity contribution in [2.24, 2.45) is 0 Å². The fourth-order valence-corrected chi connectivity index (χ4v) is 2.78. The minimum absolute atomic E-state index is 0.509. The van der Waals surface area contributed by atoms with E-state index in [1.807, 2.05) is 13.0 Å². The molecule has 1 fully saturated rings. The fourth-order valence-electron chi connectivity index (χ4n) is 2.78. The lowest BCUT2D eigenvalue weighted by Gasteiger charge is -2.41. The maximum atomic E-state index is 5.77. The lowest BCUT2D eigenvalue weighted by molar-refractivity contribution is 0.334. The molecule has 2 atom stereocenters. The quantitative estimate of drug-likeness (QED) is 0.882. The molecule has 0 bridgehead atoms. The zero-order valence-electron chi connectivity index (χ0n) is 12.4. The highest BCUT2D eigenvalue weighted by Gasteiger charge is 2.26. The Hall–Kier alpha value is -1.22. The average Bonchev–Trinajstić information content (AvgIpc) is 2.42. The summed E-state index contributed by atoms with van der Waals surface area (Å²) >= 11 is 0. The largest absolute Gasteiger partial charge is 0.492 e. The first-order chi connectivity index (χ1) is 9.26. The van der Waals surface area contributed by atoms with E-state index in [0.717, 1.165) is 25.4 Å². The van der Waals surface area contributed by atoms with E-state index in [2.05, 4.69) is 42.3 Å². The van der Waals surface area contributed by atoms with Crippen molar-refractivity contribution in [1.82, 2.24) is 5.32 Å². The molecule has 0 spiro atoms. The van der Waals surface area contributed by atoms with Crippen LogP contribution in [0.3, 0.4) is 0 Å². The van der Waals surface area contributed by atoms with Crippen molar-refractivity contribution >= 4 is 5.69 Å². The van der Waals surface area contributed by atoms with Gasteiger partial charge in [0.1, 0.15) is 5.75 Å². The van der Waals surface area contributed by atoms with Gasteiger partial charge in [-0.2, -0.15) is 0 Å². The lowest BCUT2D eigenvalue weighted by atomic mass is 10.0. The number of para-hydroxylation sites is 2. The van der Waals surface area contributed by atoms with E-state index in [9.17, 15) is 0 Å². The number of piperazine rings is 1. The van der Waals surface area contributed by atoms with Gasteiger partial charge in [0.15, 0.2) is 0 Å². The van der Waals surface area contributed by atoms with Crippen LogP contribution in [0.25, 0.3) is 0 Å². The van der Waals surface area contributed by atoms with Gasteiger partial charge in [-0.1, -0.05) is 25.5 Å². The van der Waals surface area contributed by atoms with Crippen molar-refractivity contribution in [3.8, 4) is 5.75 Å². The Morgan fingerprint density at radius 1 is 1.32 bits per heavy atom. The van der Waals surface area contributed by atoms with Crippen LogP contribution in [-0.2, 0) is 0 Å². The lowest BCUT2D eigenvalue weighted by Crippen LogP contribution is -2.55. The number of hydrogen-bond acceptors (Lipinski definition) is 3. The zero-order chi connectivity index (χ0) is 13.7. The molecule has 106 valence electrons. The molecule has 19 heavy (non-hydrogen) atoms. The highest BCUT2D eigenvalue weighted by molar-refractivity contribution is 5.59. The molecule has 1 N–H and O–H groups in total. The van der Waals surface area contributed by atoms with E-state index >= 15 is 0 Å². The van der Waals surface area contributed by atoms with Crippen LogP contribution in [0.15, 0.2) is 24.3 Å². The van der Waals surface area contributed by atoms with Crippen molar-refractivity contribution < 1.29 is 4.74 Å². The SMILES string of the molecule is CCCC1CN(c2ccccc2OCC)C(C)CN1. The third kappa shape index (κ3) is 3.41. The minimum Gasteiger partial charge on any atom is -0.492 e. The molecule has 0 aromatic heterocycles. The summed E-state index contributed by atoms with van der Waals surface area (Å²) < 4.78 is 5.77. The highest BCUT2D eigenvalue weighted by atomic mass is 16.5. The van der Waals surface area contributed by atoms with Crippen LogP contribution in [-0.4, -0.2) is 31.8 Å². The summed E-state index contributed by atoms with van der Waals surface area (Å²) in [6.45, 7) is 9.40. The second kappa shape index (κ2) is 6.80. The van der Waals surface area contributed by atoms with Gasteiger partial charge in [-0.3, -0.25) is 0 Å². The first-order valence-corrected chi connectivity index (χ1v) is 7.48. The Balaban J connectivity index is 2.18. The second-order valence-corrected chi connectivity index (χ2v) is 5.30. The normalized spacial score (nSPS) is 23.4. The zero-order valence-corrected chi connectivity index (χ0v) is 12.4. The van der Waals surface area contributed by atoms with Crippen LogP contribution in [0.5, 0.6) is 5.75 Å². The standard InChI is InChI=1S/C16H26N2O/c1-4-8-14-12-18(13(3)11-17-14)15-9-6-7-10-16(15)19-5-2/h6-7,9-10,13-14,17H,4-5,8,11-12H2,1-3H3. The van der Waals surface area contributed by atoms with E-state index in [0.29, 0.717) is 12.1 Å². The number of benzene rings is 1. The molecule has 0 saturated carbocycles. The molecule has 3 nitrogen and oxygen atoms in total. The summed E-state index contributed by atoms with van der Waals surface area (Å²) in [6.07, 6.45) is 2.47. The van der Waals surface area contributed by atoms with Crippen molar-refractivity contribution in [2.75, 3.05) is 24.6 Å². The first-order valence-electron chi connectivity index (χ1n) is 7.48. The van der Waals surface area contributed by atoms with Gasteiger partial charge < -0.3 is 15.0 Å². The van der Waals surface area contributed by atoms with Gasteiger partial charge in [0.25, 0.3) is 0 Å².